The van der Waals surface area contributed by atoms with E-state index in [1.807, 2.05) is 10.5 Å². The molecule has 2 aromatic heterocycles. The Bertz CT molecular complexity index is 732. The predicted molar refractivity (Wildman–Crippen MR) is 67.9 cm³/mol. The minimum Gasteiger partial charge on any atom is -0.496 e. The number of carbonyl (C=O) groups excluding carboxylic acids is 1. The third kappa shape index (κ3) is 1.44. The number of aldehydes is 1. The Balaban J connectivity index is 2.42. The quantitative estimate of drug-likeness (QED) is 0.500. The van der Waals surface area contributed by atoms with Gasteiger partial charge >= 0.3 is 0 Å². The van der Waals surface area contributed by atoms with Gasteiger partial charge in [-0.1, -0.05) is 11.3 Å². The number of aromatic nitrogens is 2. The van der Waals surface area contributed by atoms with Crippen LogP contribution < -0.4 is 10.3 Å². The average Bonchev–Trinajstić information content (AvgIpc) is 2.82. The van der Waals surface area contributed by atoms with E-state index in [1.165, 1.54) is 11.3 Å². The van der Waals surface area contributed by atoms with E-state index >= 15 is 0 Å². The molecule has 0 spiro atoms. The number of ether oxygens (including phenoxy) is 1. The molecule has 3 rings (SSSR count). The number of benzene rings is 1. The summed E-state index contributed by atoms with van der Waals surface area (Å²) in [5.74, 6) is 0.555. The molecule has 2 radical (unpaired) electrons. The van der Waals surface area contributed by atoms with Gasteiger partial charge in [-0.15, -0.1) is 0 Å². The Hall–Kier alpha value is -1.82. The molecule has 82 valence electrons. The molecule has 0 saturated heterocycles. The van der Waals surface area contributed by atoms with Crippen molar-refractivity contribution in [3.8, 4) is 5.75 Å². The van der Waals surface area contributed by atoms with Gasteiger partial charge in [0.15, 0.2) is 11.2 Å². The Morgan fingerprint density at radius 1 is 1.53 bits per heavy atom. The number of imidazole rings is 1. The third-order valence-corrected chi connectivity index (χ3v) is 3.61. The van der Waals surface area contributed by atoms with Crippen molar-refractivity contribution in [1.29, 1.82) is 0 Å². The zero-order chi connectivity index (χ0) is 12.0. The van der Waals surface area contributed by atoms with Crippen molar-refractivity contribution < 1.29 is 9.53 Å². The van der Waals surface area contributed by atoms with E-state index in [9.17, 15) is 4.79 Å². The van der Waals surface area contributed by atoms with Crippen LogP contribution in [0.3, 0.4) is 0 Å². The number of fused-ring (bicyclic) bond motifs is 3. The summed E-state index contributed by atoms with van der Waals surface area (Å²) in [7, 11) is 7.18. The van der Waals surface area contributed by atoms with Crippen molar-refractivity contribution in [2.75, 3.05) is 7.11 Å². The molecule has 0 unspecified atom stereocenters. The summed E-state index contributed by atoms with van der Waals surface area (Å²) in [5, 5.41) is 0. The molecule has 17 heavy (non-hydrogen) atoms. The first kappa shape index (κ1) is 10.3. The lowest BCUT2D eigenvalue weighted by Gasteiger charge is -2.03. The van der Waals surface area contributed by atoms with Crippen LogP contribution in [0.5, 0.6) is 5.75 Å². The Morgan fingerprint density at radius 2 is 2.35 bits per heavy atom. The maximum absolute atomic E-state index is 10.9. The summed E-state index contributed by atoms with van der Waals surface area (Å²) in [6.07, 6.45) is 2.54. The number of rotatable bonds is 2. The van der Waals surface area contributed by atoms with Gasteiger partial charge in [-0.2, -0.15) is 0 Å². The lowest BCUT2D eigenvalue weighted by atomic mass is 10.1. The number of nitrogens with zero attached hydrogens (tertiary/aromatic N) is 2. The van der Waals surface area contributed by atoms with Crippen LogP contribution in [0, 0.1) is 0 Å². The molecule has 4 nitrogen and oxygen atoms in total. The average molecular weight is 242 g/mol. The Kier molecular flexibility index (Phi) is 2.19. The van der Waals surface area contributed by atoms with Gasteiger partial charge in [-0.05, 0) is 6.07 Å². The van der Waals surface area contributed by atoms with Gasteiger partial charge in [-0.3, -0.25) is 9.20 Å². The van der Waals surface area contributed by atoms with E-state index in [4.69, 9.17) is 12.6 Å². The van der Waals surface area contributed by atoms with Crippen LogP contribution in [0.1, 0.15) is 10.4 Å². The van der Waals surface area contributed by atoms with Crippen LogP contribution >= 0.6 is 11.3 Å². The lowest BCUT2D eigenvalue weighted by Crippen LogP contribution is -2.00. The summed E-state index contributed by atoms with van der Waals surface area (Å²) in [6.45, 7) is 0. The highest BCUT2D eigenvalue weighted by molar-refractivity contribution is 7.23. The molecule has 6 heteroatoms. The van der Waals surface area contributed by atoms with Crippen molar-refractivity contribution in [2.45, 2.75) is 0 Å². The molecular formula is C11H7BN2O2S. The second kappa shape index (κ2) is 3.60. The van der Waals surface area contributed by atoms with Crippen molar-refractivity contribution in [2.24, 2.45) is 0 Å². The van der Waals surface area contributed by atoms with E-state index in [0.717, 1.165) is 21.5 Å². The largest absolute Gasteiger partial charge is 0.496 e. The maximum atomic E-state index is 10.9. The fraction of sp³-hybridized carbons (Fsp3) is 0.0909. The molecule has 0 bridgehead atoms. The second-order valence-electron chi connectivity index (χ2n) is 3.60. The molecule has 3 aromatic rings. The SMILES string of the molecule is [B]c1cn2c(n1)sc1cc(C=O)c(OC)cc12. The van der Waals surface area contributed by atoms with Gasteiger partial charge in [0.25, 0.3) is 0 Å². The third-order valence-electron chi connectivity index (χ3n) is 2.59. The van der Waals surface area contributed by atoms with Crippen LogP contribution in [0.2, 0.25) is 0 Å². The van der Waals surface area contributed by atoms with Gasteiger partial charge < -0.3 is 4.74 Å². The fourth-order valence-corrected chi connectivity index (χ4v) is 2.87. The first-order valence-corrected chi connectivity index (χ1v) is 5.75. The molecule has 0 fully saturated rings. The summed E-state index contributed by atoms with van der Waals surface area (Å²) in [5.41, 5.74) is 1.96. The number of methoxy groups -OCH3 is 1. The van der Waals surface area contributed by atoms with Crippen molar-refractivity contribution >= 4 is 46.2 Å². The number of hydrogen-bond acceptors (Lipinski definition) is 4. The Morgan fingerprint density at radius 3 is 3.06 bits per heavy atom. The molecule has 1 aromatic carbocycles. The molecule has 0 atom stereocenters. The van der Waals surface area contributed by atoms with E-state index in [-0.39, 0.29) is 0 Å². The minimum atomic E-state index is 0.483. The fourth-order valence-electron chi connectivity index (χ4n) is 1.83. The molecule has 0 amide bonds. The van der Waals surface area contributed by atoms with Gasteiger partial charge in [0, 0.05) is 17.9 Å². The van der Waals surface area contributed by atoms with Crippen molar-refractivity contribution in [1.82, 2.24) is 9.38 Å². The van der Waals surface area contributed by atoms with Crippen LogP contribution in [0.4, 0.5) is 0 Å². The number of thiazole rings is 1. The maximum Gasteiger partial charge on any atom is 0.194 e. The molecular weight excluding hydrogens is 235 g/mol. The summed E-state index contributed by atoms with van der Waals surface area (Å²) < 4.78 is 8.05. The molecule has 2 heterocycles. The van der Waals surface area contributed by atoms with Crippen LogP contribution in [0.15, 0.2) is 18.3 Å². The zero-order valence-electron chi connectivity index (χ0n) is 9.01. The topological polar surface area (TPSA) is 43.6 Å². The number of carbonyl (C=O) groups is 1. The predicted octanol–water partition coefficient (Wildman–Crippen LogP) is 1.16. The zero-order valence-corrected chi connectivity index (χ0v) is 9.82. The normalized spacial score (nSPS) is 11.1. The van der Waals surface area contributed by atoms with E-state index < -0.39 is 0 Å². The van der Waals surface area contributed by atoms with Crippen molar-refractivity contribution in [3.63, 3.8) is 0 Å². The lowest BCUT2D eigenvalue weighted by molar-refractivity contribution is 0.112. The van der Waals surface area contributed by atoms with E-state index in [1.54, 1.807) is 19.4 Å². The first-order chi connectivity index (χ1) is 8.22. The van der Waals surface area contributed by atoms with Gasteiger partial charge in [0.1, 0.15) is 13.6 Å². The molecule has 0 aliphatic carbocycles. The molecule has 0 saturated carbocycles. The first-order valence-electron chi connectivity index (χ1n) is 4.93. The highest BCUT2D eigenvalue weighted by Gasteiger charge is 2.11. The Labute approximate surface area is 102 Å². The van der Waals surface area contributed by atoms with Crippen LogP contribution in [-0.4, -0.2) is 30.6 Å². The molecule has 0 aliphatic rings. The standard InChI is InChI=1S/C11H7BN2O2S/c1-16-8-3-7-9(2-6(8)5-15)17-11-13-10(12)4-14(7)11/h2-5H,1H3. The monoisotopic (exact) mass is 242 g/mol. The minimum absolute atomic E-state index is 0.483. The second-order valence-corrected chi connectivity index (χ2v) is 4.61. The number of hydrogen-bond donors (Lipinski definition) is 0. The highest BCUT2D eigenvalue weighted by atomic mass is 32.1. The van der Waals surface area contributed by atoms with Crippen LogP contribution in [-0.2, 0) is 0 Å². The van der Waals surface area contributed by atoms with E-state index in [2.05, 4.69) is 4.98 Å². The van der Waals surface area contributed by atoms with Crippen LogP contribution in [0.25, 0.3) is 15.2 Å². The summed E-state index contributed by atoms with van der Waals surface area (Å²) in [6, 6.07) is 3.63. The van der Waals surface area contributed by atoms with Gasteiger partial charge in [0.05, 0.1) is 22.9 Å². The van der Waals surface area contributed by atoms with Gasteiger partial charge in [0.2, 0.25) is 0 Å². The summed E-state index contributed by atoms with van der Waals surface area (Å²) in [4.78, 5) is 15.9. The molecule has 0 N–H and O–H groups in total. The molecule has 0 aliphatic heterocycles. The van der Waals surface area contributed by atoms with Gasteiger partial charge in [-0.25, -0.2) is 4.98 Å². The summed E-state index contributed by atoms with van der Waals surface area (Å²) >= 11 is 1.49. The van der Waals surface area contributed by atoms with Crippen molar-refractivity contribution in [3.05, 3.63) is 23.9 Å². The highest BCUT2D eigenvalue weighted by Crippen LogP contribution is 2.30. The smallest absolute Gasteiger partial charge is 0.194 e. The van der Waals surface area contributed by atoms with E-state index in [0.29, 0.717) is 16.9 Å².